The third-order valence-electron chi connectivity index (χ3n) is 3.57. The zero-order valence-electron chi connectivity index (χ0n) is 13.3. The van der Waals surface area contributed by atoms with E-state index in [0.29, 0.717) is 21.7 Å². The number of hydrazine groups is 1. The normalized spacial score (nSPS) is 10.6. The van der Waals surface area contributed by atoms with E-state index >= 15 is 0 Å². The maximum atomic E-state index is 12.4. The highest BCUT2D eigenvalue weighted by Gasteiger charge is 2.21. The average molecular weight is 359 g/mol. The predicted octanol–water partition coefficient (Wildman–Crippen LogP) is 3.31. The predicted molar refractivity (Wildman–Crippen MR) is 93.3 cm³/mol. The summed E-state index contributed by atoms with van der Waals surface area (Å²) in [6.07, 6.45) is 0. The van der Waals surface area contributed by atoms with Gasteiger partial charge < -0.3 is 9.15 Å². The van der Waals surface area contributed by atoms with Crippen molar-refractivity contribution in [3.63, 3.8) is 0 Å². The first-order valence-corrected chi connectivity index (χ1v) is 7.83. The van der Waals surface area contributed by atoms with E-state index in [1.165, 1.54) is 13.2 Å². The molecular formula is C18H15ClN2O4. The Bertz CT molecular complexity index is 936. The molecule has 0 spiro atoms. The molecule has 0 bridgehead atoms. The van der Waals surface area contributed by atoms with Gasteiger partial charge in [0, 0.05) is 28.6 Å². The van der Waals surface area contributed by atoms with Crippen LogP contribution < -0.4 is 10.9 Å². The lowest BCUT2D eigenvalue weighted by Crippen LogP contribution is -2.41. The molecule has 0 saturated carbocycles. The molecular weight excluding hydrogens is 344 g/mol. The largest absolute Gasteiger partial charge is 0.450 e. The van der Waals surface area contributed by atoms with Crippen LogP contribution in [0.25, 0.3) is 11.0 Å². The molecule has 6 nitrogen and oxygen atoms in total. The minimum atomic E-state index is -0.571. The Morgan fingerprint density at radius 3 is 2.60 bits per heavy atom. The number of ether oxygens (including phenoxy) is 1. The van der Waals surface area contributed by atoms with Crippen LogP contribution in [0.5, 0.6) is 0 Å². The molecule has 0 aliphatic heterocycles. The van der Waals surface area contributed by atoms with Crippen LogP contribution in [0.3, 0.4) is 0 Å². The molecule has 25 heavy (non-hydrogen) atoms. The number of methoxy groups -OCH3 is 1. The van der Waals surface area contributed by atoms with Crippen LogP contribution in [0.4, 0.5) is 0 Å². The summed E-state index contributed by atoms with van der Waals surface area (Å²) in [7, 11) is 1.53. The van der Waals surface area contributed by atoms with E-state index in [2.05, 4.69) is 10.9 Å². The summed E-state index contributed by atoms with van der Waals surface area (Å²) in [4.78, 5) is 24.5. The van der Waals surface area contributed by atoms with Gasteiger partial charge in [0.05, 0.1) is 6.61 Å². The fourth-order valence-electron chi connectivity index (χ4n) is 2.44. The molecule has 0 aliphatic carbocycles. The summed E-state index contributed by atoms with van der Waals surface area (Å²) >= 11 is 5.85. The zero-order chi connectivity index (χ0) is 17.8. The molecule has 0 radical (unpaired) electrons. The minimum Gasteiger partial charge on any atom is -0.450 e. The van der Waals surface area contributed by atoms with E-state index in [1.54, 1.807) is 24.3 Å². The number of carbonyl (C=O) groups is 2. The molecule has 1 heterocycles. The van der Waals surface area contributed by atoms with Crippen molar-refractivity contribution in [3.05, 3.63) is 70.4 Å². The van der Waals surface area contributed by atoms with Crippen molar-refractivity contribution in [3.8, 4) is 0 Å². The van der Waals surface area contributed by atoms with Gasteiger partial charge in [-0.15, -0.1) is 0 Å². The number of nitrogens with one attached hydrogen (secondary N) is 2. The van der Waals surface area contributed by atoms with Gasteiger partial charge in [0.25, 0.3) is 5.91 Å². The van der Waals surface area contributed by atoms with E-state index in [4.69, 9.17) is 20.8 Å². The second kappa shape index (κ2) is 7.38. The summed E-state index contributed by atoms with van der Waals surface area (Å²) < 4.78 is 10.8. The summed E-state index contributed by atoms with van der Waals surface area (Å²) in [5, 5.41) is 1.22. The van der Waals surface area contributed by atoms with Gasteiger partial charge >= 0.3 is 5.91 Å². The molecule has 1 aromatic heterocycles. The number of fused-ring (bicyclic) bond motifs is 1. The molecule has 0 fully saturated rings. The van der Waals surface area contributed by atoms with Crippen LogP contribution in [0, 0.1) is 0 Å². The lowest BCUT2D eigenvalue weighted by atomic mass is 10.1. The Labute approximate surface area is 148 Å². The van der Waals surface area contributed by atoms with Gasteiger partial charge in [0.1, 0.15) is 5.58 Å². The van der Waals surface area contributed by atoms with Gasteiger partial charge in [0.2, 0.25) is 0 Å². The van der Waals surface area contributed by atoms with Crippen molar-refractivity contribution in [1.82, 2.24) is 10.9 Å². The van der Waals surface area contributed by atoms with Gasteiger partial charge in [-0.05, 0) is 24.3 Å². The van der Waals surface area contributed by atoms with Crippen molar-refractivity contribution in [2.45, 2.75) is 6.61 Å². The van der Waals surface area contributed by atoms with Crippen molar-refractivity contribution in [2.75, 3.05) is 7.11 Å². The van der Waals surface area contributed by atoms with E-state index in [-0.39, 0.29) is 12.4 Å². The molecule has 3 rings (SSSR count). The van der Waals surface area contributed by atoms with Crippen LogP contribution in [0.1, 0.15) is 26.5 Å². The number of rotatable bonds is 4. The third-order valence-corrected chi connectivity index (χ3v) is 3.80. The van der Waals surface area contributed by atoms with Crippen LogP contribution in [-0.4, -0.2) is 18.9 Å². The fourth-order valence-corrected chi connectivity index (χ4v) is 2.63. The summed E-state index contributed by atoms with van der Waals surface area (Å²) in [6, 6.07) is 13.7. The standard InChI is InChI=1S/C18H15ClN2O4/c1-24-10-14-13-7-2-3-8-15(13)25-16(14)18(23)21-20-17(22)11-5-4-6-12(19)9-11/h2-9H,10H2,1H3,(H,20,22)(H,21,23). The van der Waals surface area contributed by atoms with Crippen LogP contribution in [0.15, 0.2) is 52.9 Å². The summed E-state index contributed by atoms with van der Waals surface area (Å²) in [5.41, 5.74) is 6.20. The first kappa shape index (κ1) is 17.0. The van der Waals surface area contributed by atoms with Crippen molar-refractivity contribution < 1.29 is 18.7 Å². The Morgan fingerprint density at radius 2 is 1.84 bits per heavy atom. The Kier molecular flexibility index (Phi) is 5.02. The van der Waals surface area contributed by atoms with Crippen LogP contribution >= 0.6 is 11.6 Å². The fraction of sp³-hybridized carbons (Fsp3) is 0.111. The number of hydrogen-bond donors (Lipinski definition) is 2. The lowest BCUT2D eigenvalue weighted by molar-refractivity contribution is 0.0828. The number of carbonyl (C=O) groups excluding carboxylic acids is 2. The number of para-hydroxylation sites is 1. The third kappa shape index (κ3) is 3.65. The Hall–Kier alpha value is -2.83. The maximum absolute atomic E-state index is 12.4. The van der Waals surface area contributed by atoms with Crippen molar-refractivity contribution in [1.29, 1.82) is 0 Å². The first-order valence-electron chi connectivity index (χ1n) is 7.45. The number of hydrogen-bond acceptors (Lipinski definition) is 4. The van der Waals surface area contributed by atoms with Gasteiger partial charge in [-0.25, -0.2) is 0 Å². The molecule has 0 atom stereocenters. The van der Waals surface area contributed by atoms with Gasteiger partial charge in [-0.3, -0.25) is 20.4 Å². The molecule has 0 saturated heterocycles. The van der Waals surface area contributed by atoms with Crippen molar-refractivity contribution >= 4 is 34.4 Å². The highest BCUT2D eigenvalue weighted by Crippen LogP contribution is 2.26. The zero-order valence-corrected chi connectivity index (χ0v) is 14.1. The minimum absolute atomic E-state index is 0.0921. The van der Waals surface area contributed by atoms with Crippen LogP contribution in [-0.2, 0) is 11.3 Å². The molecule has 2 amide bonds. The topological polar surface area (TPSA) is 80.6 Å². The smallest absolute Gasteiger partial charge is 0.305 e. The Morgan fingerprint density at radius 1 is 1.08 bits per heavy atom. The quantitative estimate of drug-likeness (QED) is 0.701. The molecule has 0 aliphatic rings. The molecule has 2 N–H and O–H groups in total. The molecule has 7 heteroatoms. The monoisotopic (exact) mass is 358 g/mol. The second-order valence-electron chi connectivity index (χ2n) is 5.26. The highest BCUT2D eigenvalue weighted by atomic mass is 35.5. The van der Waals surface area contributed by atoms with E-state index in [9.17, 15) is 9.59 Å². The second-order valence-corrected chi connectivity index (χ2v) is 5.69. The molecule has 3 aromatic rings. The number of amides is 2. The Balaban J connectivity index is 1.78. The first-order chi connectivity index (χ1) is 12.1. The number of furan rings is 1. The molecule has 0 unspecified atom stereocenters. The van der Waals surface area contributed by atoms with E-state index in [0.717, 1.165) is 5.39 Å². The average Bonchev–Trinajstić information content (AvgIpc) is 2.98. The van der Waals surface area contributed by atoms with E-state index < -0.39 is 11.8 Å². The van der Waals surface area contributed by atoms with Gasteiger partial charge in [0.15, 0.2) is 5.76 Å². The lowest BCUT2D eigenvalue weighted by Gasteiger charge is -2.07. The maximum Gasteiger partial charge on any atom is 0.305 e. The van der Waals surface area contributed by atoms with E-state index in [1.807, 2.05) is 18.2 Å². The molecule has 2 aromatic carbocycles. The number of halogens is 1. The van der Waals surface area contributed by atoms with Gasteiger partial charge in [-0.2, -0.15) is 0 Å². The van der Waals surface area contributed by atoms with Gasteiger partial charge in [-0.1, -0.05) is 35.9 Å². The number of benzene rings is 2. The van der Waals surface area contributed by atoms with Crippen LogP contribution in [0.2, 0.25) is 5.02 Å². The van der Waals surface area contributed by atoms with Crippen molar-refractivity contribution in [2.24, 2.45) is 0 Å². The SMILES string of the molecule is COCc1c(C(=O)NNC(=O)c2cccc(Cl)c2)oc2ccccc12. The summed E-state index contributed by atoms with van der Waals surface area (Å²) in [6.45, 7) is 0.210. The summed E-state index contributed by atoms with van der Waals surface area (Å²) in [5.74, 6) is -0.965. The molecule has 128 valence electrons. The highest BCUT2D eigenvalue weighted by molar-refractivity contribution is 6.31.